The molecule has 0 aliphatic heterocycles. The van der Waals surface area contributed by atoms with Gasteiger partial charge in [-0.05, 0) is 38.4 Å². The molecule has 0 aromatic carbocycles. The van der Waals surface area contributed by atoms with Gasteiger partial charge in [0.25, 0.3) is 0 Å². The van der Waals surface area contributed by atoms with Crippen LogP contribution in [-0.2, 0) is 11.3 Å². The van der Waals surface area contributed by atoms with Crippen molar-refractivity contribution in [2.45, 2.75) is 32.7 Å². The van der Waals surface area contributed by atoms with Crippen LogP contribution >= 0.6 is 12.2 Å². The van der Waals surface area contributed by atoms with Crippen molar-refractivity contribution in [1.29, 1.82) is 0 Å². The van der Waals surface area contributed by atoms with Crippen molar-refractivity contribution in [2.75, 3.05) is 13.7 Å². The van der Waals surface area contributed by atoms with E-state index in [0.717, 1.165) is 36.5 Å². The molecule has 0 fully saturated rings. The van der Waals surface area contributed by atoms with E-state index in [0.29, 0.717) is 0 Å². The second kappa shape index (κ2) is 5.98. The highest BCUT2D eigenvalue weighted by Crippen LogP contribution is 2.02. The van der Waals surface area contributed by atoms with Gasteiger partial charge in [0, 0.05) is 32.2 Å². The second-order valence-corrected chi connectivity index (χ2v) is 3.88. The fourth-order valence-corrected chi connectivity index (χ4v) is 1.74. The zero-order valence-corrected chi connectivity index (χ0v) is 9.69. The van der Waals surface area contributed by atoms with E-state index in [-0.39, 0.29) is 0 Å². The lowest BCUT2D eigenvalue weighted by Crippen LogP contribution is -1.97. The Kier molecular flexibility index (Phi) is 4.90. The Balaban J connectivity index is 2.25. The molecule has 0 aliphatic carbocycles. The van der Waals surface area contributed by atoms with E-state index >= 15 is 0 Å². The van der Waals surface area contributed by atoms with Gasteiger partial charge in [-0.1, -0.05) is 0 Å². The summed E-state index contributed by atoms with van der Waals surface area (Å²) >= 11 is 5.16. The zero-order chi connectivity index (χ0) is 10.4. The van der Waals surface area contributed by atoms with E-state index in [9.17, 15) is 0 Å². The summed E-state index contributed by atoms with van der Waals surface area (Å²) in [4.78, 5) is 3.11. The minimum atomic E-state index is 0.828. The van der Waals surface area contributed by atoms with Crippen molar-refractivity contribution in [1.82, 2.24) is 9.55 Å². The maximum absolute atomic E-state index is 5.16. The number of rotatable bonds is 6. The minimum absolute atomic E-state index is 0.828. The molecule has 0 saturated carbocycles. The fraction of sp³-hybridized carbons (Fsp3) is 0.700. The van der Waals surface area contributed by atoms with Crippen LogP contribution in [0.3, 0.4) is 0 Å². The predicted octanol–water partition coefficient (Wildman–Crippen LogP) is 2.67. The van der Waals surface area contributed by atoms with Crippen LogP contribution < -0.4 is 0 Å². The van der Waals surface area contributed by atoms with Crippen molar-refractivity contribution in [2.24, 2.45) is 0 Å². The molecule has 4 heteroatoms. The molecule has 1 rings (SSSR count). The molecule has 0 amide bonds. The van der Waals surface area contributed by atoms with Gasteiger partial charge in [-0.15, -0.1) is 0 Å². The quantitative estimate of drug-likeness (QED) is 0.583. The van der Waals surface area contributed by atoms with Crippen LogP contribution in [0.1, 0.15) is 25.0 Å². The van der Waals surface area contributed by atoms with Crippen LogP contribution in [0.4, 0.5) is 0 Å². The summed E-state index contributed by atoms with van der Waals surface area (Å²) in [5.74, 6) is 0. The molecule has 1 aromatic heterocycles. The molecule has 1 N–H and O–H groups in total. The number of nitrogens with zero attached hydrogens (tertiary/aromatic N) is 1. The van der Waals surface area contributed by atoms with Crippen molar-refractivity contribution in [3.63, 3.8) is 0 Å². The summed E-state index contributed by atoms with van der Waals surface area (Å²) in [6, 6.07) is 0. The van der Waals surface area contributed by atoms with Gasteiger partial charge in [0.2, 0.25) is 0 Å². The first-order chi connectivity index (χ1) is 6.74. The summed E-state index contributed by atoms with van der Waals surface area (Å²) in [5, 5.41) is 0. The second-order valence-electron chi connectivity index (χ2n) is 3.49. The highest BCUT2D eigenvalue weighted by Gasteiger charge is 1.95. The number of aromatic nitrogens is 2. The molecule has 1 heterocycles. The Hall–Kier alpha value is -0.610. The van der Waals surface area contributed by atoms with Crippen molar-refractivity contribution < 1.29 is 4.74 Å². The highest BCUT2D eigenvalue weighted by molar-refractivity contribution is 7.71. The lowest BCUT2D eigenvalue weighted by molar-refractivity contribution is 0.191. The molecule has 3 nitrogen and oxygen atoms in total. The van der Waals surface area contributed by atoms with Crippen molar-refractivity contribution in [3.8, 4) is 0 Å². The molecule has 0 aliphatic rings. The third kappa shape index (κ3) is 3.64. The first-order valence-corrected chi connectivity index (χ1v) is 5.40. The van der Waals surface area contributed by atoms with Crippen LogP contribution in [0.5, 0.6) is 0 Å². The van der Waals surface area contributed by atoms with E-state index < -0.39 is 0 Å². The molecule has 0 saturated heterocycles. The average molecular weight is 214 g/mol. The summed E-state index contributed by atoms with van der Waals surface area (Å²) in [6.07, 6.45) is 5.56. The smallest absolute Gasteiger partial charge is 0.177 e. The monoisotopic (exact) mass is 214 g/mol. The van der Waals surface area contributed by atoms with Crippen molar-refractivity contribution >= 4 is 12.2 Å². The van der Waals surface area contributed by atoms with Gasteiger partial charge in [-0.2, -0.15) is 0 Å². The normalized spacial score (nSPS) is 10.7. The number of ether oxygens (including phenoxy) is 1. The van der Waals surface area contributed by atoms with E-state index in [2.05, 4.69) is 15.7 Å². The SMILES string of the molecule is COCCCCCn1cc(C)[nH]c1=S. The van der Waals surface area contributed by atoms with Gasteiger partial charge in [0.1, 0.15) is 0 Å². The molecule has 14 heavy (non-hydrogen) atoms. The Morgan fingerprint density at radius 1 is 1.43 bits per heavy atom. The fourth-order valence-electron chi connectivity index (χ4n) is 1.44. The lowest BCUT2D eigenvalue weighted by Gasteiger charge is -2.01. The number of nitrogens with one attached hydrogen (secondary N) is 1. The molecule has 0 radical (unpaired) electrons. The van der Waals surface area contributed by atoms with E-state index in [1.807, 2.05) is 6.92 Å². The van der Waals surface area contributed by atoms with E-state index in [4.69, 9.17) is 17.0 Å². The number of hydrogen-bond acceptors (Lipinski definition) is 2. The maximum Gasteiger partial charge on any atom is 0.177 e. The van der Waals surface area contributed by atoms with Crippen LogP contribution in [0.2, 0.25) is 0 Å². The topological polar surface area (TPSA) is 29.9 Å². The molecule has 0 bridgehead atoms. The number of methoxy groups -OCH3 is 1. The number of imidazole rings is 1. The van der Waals surface area contributed by atoms with E-state index in [1.165, 1.54) is 6.42 Å². The standard InChI is InChI=1S/C10H18N2OS/c1-9-8-12(10(14)11-9)6-4-3-5-7-13-2/h8H,3-7H2,1-2H3,(H,11,14). The maximum atomic E-state index is 5.16. The third-order valence-corrected chi connectivity index (χ3v) is 2.50. The molecule has 0 unspecified atom stereocenters. The summed E-state index contributed by atoms with van der Waals surface area (Å²) < 4.78 is 7.91. The van der Waals surface area contributed by atoms with Gasteiger partial charge in [0.15, 0.2) is 4.77 Å². The third-order valence-electron chi connectivity index (χ3n) is 2.16. The summed E-state index contributed by atoms with van der Waals surface area (Å²) in [6.45, 7) is 3.89. The summed E-state index contributed by atoms with van der Waals surface area (Å²) in [7, 11) is 1.74. The molecule has 0 atom stereocenters. The molecule has 80 valence electrons. The van der Waals surface area contributed by atoms with Crippen LogP contribution in [0, 0.1) is 11.7 Å². The number of aromatic amines is 1. The summed E-state index contributed by atoms with van der Waals surface area (Å²) in [5.41, 5.74) is 1.13. The first-order valence-electron chi connectivity index (χ1n) is 4.99. The van der Waals surface area contributed by atoms with Crippen molar-refractivity contribution in [3.05, 3.63) is 16.7 Å². The first kappa shape index (κ1) is 11.5. The largest absolute Gasteiger partial charge is 0.385 e. The van der Waals surface area contributed by atoms with Crippen LogP contribution in [-0.4, -0.2) is 23.3 Å². The number of aryl methyl sites for hydroxylation is 2. The van der Waals surface area contributed by atoms with E-state index in [1.54, 1.807) is 7.11 Å². The number of hydrogen-bond donors (Lipinski definition) is 1. The van der Waals surface area contributed by atoms with Gasteiger partial charge in [0.05, 0.1) is 0 Å². The Morgan fingerprint density at radius 3 is 2.79 bits per heavy atom. The van der Waals surface area contributed by atoms with Crippen LogP contribution in [0.15, 0.2) is 6.20 Å². The average Bonchev–Trinajstić information content (AvgIpc) is 2.45. The highest BCUT2D eigenvalue weighted by atomic mass is 32.1. The van der Waals surface area contributed by atoms with Gasteiger partial charge in [-0.25, -0.2) is 0 Å². The van der Waals surface area contributed by atoms with Gasteiger partial charge < -0.3 is 14.3 Å². The zero-order valence-electron chi connectivity index (χ0n) is 8.88. The van der Waals surface area contributed by atoms with Gasteiger partial charge in [-0.3, -0.25) is 0 Å². The molecule has 0 spiro atoms. The number of H-pyrrole nitrogens is 1. The minimum Gasteiger partial charge on any atom is -0.385 e. The van der Waals surface area contributed by atoms with Crippen LogP contribution in [0.25, 0.3) is 0 Å². The Bertz CT molecular complexity index is 316. The molecular weight excluding hydrogens is 196 g/mol. The molecule has 1 aromatic rings. The Labute approximate surface area is 90.1 Å². The Morgan fingerprint density at radius 2 is 2.21 bits per heavy atom. The molecular formula is C10H18N2OS. The predicted molar refractivity (Wildman–Crippen MR) is 60.1 cm³/mol. The number of unbranched alkanes of at least 4 members (excludes halogenated alkanes) is 2. The lowest BCUT2D eigenvalue weighted by atomic mass is 10.2. The van der Waals surface area contributed by atoms with Gasteiger partial charge >= 0.3 is 0 Å².